The normalized spacial score (nSPS) is 11.6. The number of amides is 1. The highest BCUT2D eigenvalue weighted by Crippen LogP contribution is 2.33. The number of nitrogens with one attached hydrogen (secondary N) is 1. The van der Waals surface area contributed by atoms with E-state index in [9.17, 15) is 9.59 Å². The van der Waals surface area contributed by atoms with Crippen molar-refractivity contribution in [2.45, 2.75) is 13.0 Å². The maximum absolute atomic E-state index is 13.2. The van der Waals surface area contributed by atoms with E-state index in [1.165, 1.54) is 7.11 Å². The van der Waals surface area contributed by atoms with Gasteiger partial charge in [-0.2, -0.15) is 0 Å². The van der Waals surface area contributed by atoms with Crippen LogP contribution in [0, 0.1) is 0 Å². The van der Waals surface area contributed by atoms with Gasteiger partial charge in [-0.1, -0.05) is 24.3 Å². The molecule has 0 saturated carbocycles. The van der Waals surface area contributed by atoms with Gasteiger partial charge in [0.2, 0.25) is 5.78 Å². The van der Waals surface area contributed by atoms with Crippen molar-refractivity contribution in [1.82, 2.24) is 0 Å². The number of rotatable bonds is 8. The van der Waals surface area contributed by atoms with Crippen LogP contribution in [0.25, 0.3) is 11.0 Å². The van der Waals surface area contributed by atoms with Gasteiger partial charge < -0.3 is 23.9 Å². The van der Waals surface area contributed by atoms with Gasteiger partial charge in [-0.25, -0.2) is 0 Å². The first-order valence-electron chi connectivity index (χ1n) is 10.3. The molecule has 0 aliphatic rings. The van der Waals surface area contributed by atoms with Gasteiger partial charge in [-0.15, -0.1) is 0 Å². The largest absolute Gasteiger partial charge is 0.497 e. The molecule has 0 spiro atoms. The Morgan fingerprint density at radius 2 is 1.52 bits per heavy atom. The predicted octanol–water partition coefficient (Wildman–Crippen LogP) is 5.09. The van der Waals surface area contributed by atoms with E-state index in [0.717, 1.165) is 0 Å². The number of furan rings is 1. The lowest BCUT2D eigenvalue weighted by Crippen LogP contribution is -2.30. The number of carbonyl (C=O) groups excluding carboxylic acids is 2. The molecule has 7 nitrogen and oxygen atoms in total. The zero-order valence-electron chi connectivity index (χ0n) is 18.5. The van der Waals surface area contributed by atoms with Crippen molar-refractivity contribution in [2.24, 2.45) is 0 Å². The summed E-state index contributed by atoms with van der Waals surface area (Å²) in [6.07, 6.45) is -0.862. The second-order valence-electron chi connectivity index (χ2n) is 7.26. The van der Waals surface area contributed by atoms with Gasteiger partial charge in [-0.3, -0.25) is 9.59 Å². The van der Waals surface area contributed by atoms with Crippen LogP contribution in [0.2, 0.25) is 0 Å². The Hall–Kier alpha value is -4.26. The summed E-state index contributed by atoms with van der Waals surface area (Å²) < 4.78 is 22.1. The summed E-state index contributed by atoms with van der Waals surface area (Å²) in [7, 11) is 3.08. The summed E-state index contributed by atoms with van der Waals surface area (Å²) in [6, 6.07) is 20.9. The molecule has 0 radical (unpaired) electrons. The third-order valence-electron chi connectivity index (χ3n) is 5.14. The molecule has 33 heavy (non-hydrogen) atoms. The molecule has 1 unspecified atom stereocenters. The minimum absolute atomic E-state index is 0.0409. The van der Waals surface area contributed by atoms with Crippen molar-refractivity contribution < 1.29 is 28.2 Å². The highest BCUT2D eigenvalue weighted by molar-refractivity contribution is 6.17. The molecule has 7 heteroatoms. The van der Waals surface area contributed by atoms with Crippen molar-refractivity contribution in [1.29, 1.82) is 0 Å². The number of benzene rings is 3. The fourth-order valence-corrected chi connectivity index (χ4v) is 3.39. The van der Waals surface area contributed by atoms with E-state index < -0.39 is 12.0 Å². The van der Waals surface area contributed by atoms with Crippen LogP contribution in [0.1, 0.15) is 23.0 Å². The number of anilines is 1. The van der Waals surface area contributed by atoms with Crippen LogP contribution in [-0.4, -0.2) is 32.0 Å². The Morgan fingerprint density at radius 3 is 2.21 bits per heavy atom. The average Bonchev–Trinajstić information content (AvgIpc) is 3.22. The molecule has 0 aliphatic carbocycles. The van der Waals surface area contributed by atoms with Crippen LogP contribution in [0.15, 0.2) is 77.2 Å². The molecule has 0 fully saturated rings. The topological polar surface area (TPSA) is 87.0 Å². The number of hydrogen-bond acceptors (Lipinski definition) is 6. The molecule has 1 heterocycles. The van der Waals surface area contributed by atoms with Crippen LogP contribution < -0.4 is 19.5 Å². The number of carbonyl (C=O) groups is 2. The Balaban J connectivity index is 1.63. The first-order chi connectivity index (χ1) is 16.0. The van der Waals surface area contributed by atoms with E-state index >= 15 is 0 Å². The van der Waals surface area contributed by atoms with E-state index in [2.05, 4.69) is 5.32 Å². The van der Waals surface area contributed by atoms with Crippen LogP contribution in [-0.2, 0) is 4.79 Å². The summed E-state index contributed by atoms with van der Waals surface area (Å²) in [4.78, 5) is 26.2. The van der Waals surface area contributed by atoms with Gasteiger partial charge in [0.05, 0.1) is 19.9 Å². The number of methoxy groups -OCH3 is 2. The molecule has 0 bridgehead atoms. The van der Waals surface area contributed by atoms with Crippen LogP contribution in [0.4, 0.5) is 5.69 Å². The summed E-state index contributed by atoms with van der Waals surface area (Å²) in [6.45, 7) is 1.62. The molecule has 4 rings (SSSR count). The maximum atomic E-state index is 13.2. The molecule has 4 aromatic rings. The summed E-state index contributed by atoms with van der Waals surface area (Å²) in [5.74, 6) is 0.834. The molecular formula is C26H23NO6. The van der Waals surface area contributed by atoms with Crippen molar-refractivity contribution in [3.05, 3.63) is 84.1 Å². The lowest BCUT2D eigenvalue weighted by Gasteiger charge is -2.16. The minimum atomic E-state index is -0.862. The molecule has 3 aromatic carbocycles. The van der Waals surface area contributed by atoms with Crippen LogP contribution in [0.5, 0.6) is 17.2 Å². The quantitative estimate of drug-likeness (QED) is 0.380. The van der Waals surface area contributed by atoms with E-state index in [4.69, 9.17) is 18.6 Å². The van der Waals surface area contributed by atoms with Gasteiger partial charge in [0, 0.05) is 10.9 Å². The predicted molar refractivity (Wildman–Crippen MR) is 124 cm³/mol. The van der Waals surface area contributed by atoms with Gasteiger partial charge in [0.1, 0.15) is 11.3 Å². The van der Waals surface area contributed by atoms with Crippen LogP contribution in [0.3, 0.4) is 0 Å². The first-order valence-corrected chi connectivity index (χ1v) is 10.3. The number of fused-ring (bicyclic) bond motifs is 1. The molecule has 1 aromatic heterocycles. The lowest BCUT2D eigenvalue weighted by atomic mass is 10.1. The monoisotopic (exact) mass is 445 g/mol. The third-order valence-corrected chi connectivity index (χ3v) is 5.14. The van der Waals surface area contributed by atoms with Gasteiger partial charge >= 0.3 is 0 Å². The van der Waals surface area contributed by atoms with Crippen molar-refractivity contribution in [3.63, 3.8) is 0 Å². The van der Waals surface area contributed by atoms with E-state index in [0.29, 0.717) is 39.5 Å². The molecular weight excluding hydrogens is 422 g/mol. The van der Waals surface area contributed by atoms with Crippen LogP contribution >= 0.6 is 0 Å². The summed E-state index contributed by atoms with van der Waals surface area (Å²) in [5.41, 5.74) is 1.19. The third kappa shape index (κ3) is 4.52. The number of ether oxygens (including phenoxy) is 3. The second kappa shape index (κ2) is 9.48. The van der Waals surface area contributed by atoms with Gasteiger partial charge in [-0.05, 0) is 55.5 Å². The van der Waals surface area contributed by atoms with Gasteiger partial charge in [0.15, 0.2) is 23.4 Å². The van der Waals surface area contributed by atoms with E-state index in [1.54, 1.807) is 74.7 Å². The van der Waals surface area contributed by atoms with Gasteiger partial charge in [0.25, 0.3) is 5.91 Å². The summed E-state index contributed by atoms with van der Waals surface area (Å²) in [5, 5.41) is 3.44. The number of ketones is 1. The highest BCUT2D eigenvalue weighted by atomic mass is 16.5. The Labute approximate surface area is 190 Å². The molecule has 0 saturated heterocycles. The lowest BCUT2D eigenvalue weighted by molar-refractivity contribution is -0.122. The first kappa shape index (κ1) is 22.0. The molecule has 1 atom stereocenters. The molecule has 0 aliphatic heterocycles. The van der Waals surface area contributed by atoms with E-state index in [-0.39, 0.29) is 11.5 Å². The number of hydrogen-bond donors (Lipinski definition) is 1. The van der Waals surface area contributed by atoms with Crippen molar-refractivity contribution in [3.8, 4) is 17.2 Å². The average molecular weight is 445 g/mol. The number of para-hydroxylation sites is 3. The second-order valence-corrected chi connectivity index (χ2v) is 7.26. The Bertz CT molecular complexity index is 1290. The zero-order chi connectivity index (χ0) is 23.4. The zero-order valence-corrected chi connectivity index (χ0v) is 18.5. The van der Waals surface area contributed by atoms with E-state index in [1.807, 2.05) is 12.1 Å². The van der Waals surface area contributed by atoms with Crippen molar-refractivity contribution >= 4 is 28.3 Å². The minimum Gasteiger partial charge on any atom is -0.497 e. The Kier molecular flexibility index (Phi) is 6.31. The smallest absolute Gasteiger partial charge is 0.265 e. The highest BCUT2D eigenvalue weighted by Gasteiger charge is 2.26. The fourth-order valence-electron chi connectivity index (χ4n) is 3.39. The molecule has 168 valence electrons. The molecule has 1 N–H and O–H groups in total. The molecule has 1 amide bonds. The Morgan fingerprint density at radius 1 is 0.848 bits per heavy atom. The SMILES string of the molecule is COc1ccc(C(=O)c2oc3ccccc3c2NC(=O)C(C)Oc2ccccc2OC)cc1. The standard InChI is InChI=1S/C26H23NO6/c1-16(32-22-11-7-6-10-21(22)31-3)26(29)27-23-19-8-4-5-9-20(19)33-25(23)24(28)17-12-14-18(30-2)15-13-17/h4-16H,1-3H3,(H,27,29). The summed E-state index contributed by atoms with van der Waals surface area (Å²) >= 11 is 0. The maximum Gasteiger partial charge on any atom is 0.265 e. The van der Waals surface area contributed by atoms with Crippen molar-refractivity contribution in [2.75, 3.05) is 19.5 Å². The fraction of sp³-hybridized carbons (Fsp3) is 0.154.